The molecule has 9 heteroatoms. The van der Waals surface area contributed by atoms with Crippen molar-refractivity contribution in [3.8, 4) is 11.8 Å². The summed E-state index contributed by atoms with van der Waals surface area (Å²) in [5.74, 6) is 4.58. The standard InChI is InChI=1S/C12H14F3NO3S2/c13-12(14,15)6-2-8-21(18,19)16-9-11-5-4-10(20-11)3-1-7-17/h4-5,16-17H,2,6-9H2. The second-order valence-corrected chi connectivity index (χ2v) is 7.18. The second kappa shape index (κ2) is 7.79. The van der Waals surface area contributed by atoms with Crippen molar-refractivity contribution in [2.45, 2.75) is 25.6 Å². The topological polar surface area (TPSA) is 66.4 Å². The van der Waals surface area contributed by atoms with Crippen LogP contribution < -0.4 is 4.72 Å². The van der Waals surface area contributed by atoms with Gasteiger partial charge < -0.3 is 5.11 Å². The molecule has 0 saturated heterocycles. The van der Waals surface area contributed by atoms with Gasteiger partial charge in [-0.2, -0.15) is 13.2 Å². The average Bonchev–Trinajstić information content (AvgIpc) is 2.80. The molecule has 1 heterocycles. The summed E-state index contributed by atoms with van der Waals surface area (Å²) in [7, 11) is -3.73. The molecule has 0 atom stereocenters. The lowest BCUT2D eigenvalue weighted by molar-refractivity contribution is -0.134. The van der Waals surface area contributed by atoms with Crippen LogP contribution in [0.25, 0.3) is 0 Å². The Balaban J connectivity index is 2.44. The van der Waals surface area contributed by atoms with Crippen LogP contribution in [0.4, 0.5) is 13.2 Å². The van der Waals surface area contributed by atoms with Gasteiger partial charge in [-0.1, -0.05) is 11.8 Å². The molecule has 1 rings (SSSR count). The molecular weight excluding hydrogens is 327 g/mol. The Bertz CT molecular complexity index is 612. The number of halogens is 3. The summed E-state index contributed by atoms with van der Waals surface area (Å²) in [5, 5.41) is 8.54. The van der Waals surface area contributed by atoms with Gasteiger partial charge in [0.05, 0.1) is 10.6 Å². The van der Waals surface area contributed by atoms with Gasteiger partial charge in [0.1, 0.15) is 6.61 Å². The molecule has 0 aliphatic carbocycles. The normalized spacial score (nSPS) is 12.0. The zero-order chi connectivity index (χ0) is 15.9. The first-order valence-electron chi connectivity index (χ1n) is 5.94. The molecule has 0 aliphatic rings. The van der Waals surface area contributed by atoms with Crippen molar-refractivity contribution in [3.63, 3.8) is 0 Å². The number of aliphatic hydroxyl groups excluding tert-OH is 1. The number of rotatable bonds is 6. The minimum absolute atomic E-state index is 0.0137. The SMILES string of the molecule is O=S(=O)(CCCC(F)(F)F)NCc1ccc(C#CCO)s1. The summed E-state index contributed by atoms with van der Waals surface area (Å²) in [4.78, 5) is 1.37. The zero-order valence-electron chi connectivity index (χ0n) is 10.9. The smallest absolute Gasteiger partial charge is 0.384 e. The van der Waals surface area contributed by atoms with Gasteiger partial charge in [-0.25, -0.2) is 13.1 Å². The lowest BCUT2D eigenvalue weighted by Crippen LogP contribution is -2.26. The number of sulfonamides is 1. The van der Waals surface area contributed by atoms with Gasteiger partial charge in [-0.3, -0.25) is 0 Å². The zero-order valence-corrected chi connectivity index (χ0v) is 12.5. The fourth-order valence-corrected chi connectivity index (χ4v) is 3.34. The maximum atomic E-state index is 11.9. The van der Waals surface area contributed by atoms with Gasteiger partial charge in [0.2, 0.25) is 10.0 Å². The van der Waals surface area contributed by atoms with Gasteiger partial charge in [-0.05, 0) is 18.6 Å². The third-order valence-electron chi connectivity index (χ3n) is 2.29. The minimum atomic E-state index is -4.34. The third-order valence-corrected chi connectivity index (χ3v) is 4.70. The van der Waals surface area contributed by atoms with E-state index in [4.69, 9.17) is 5.11 Å². The molecule has 1 aromatic rings. The van der Waals surface area contributed by atoms with Crippen molar-refractivity contribution in [2.75, 3.05) is 12.4 Å². The summed E-state index contributed by atoms with van der Waals surface area (Å²) in [6, 6.07) is 3.35. The Hall–Kier alpha value is -1.08. The molecule has 0 bridgehead atoms. The summed E-state index contributed by atoms with van der Waals surface area (Å²) >= 11 is 1.25. The molecule has 21 heavy (non-hydrogen) atoms. The van der Waals surface area contributed by atoms with E-state index in [2.05, 4.69) is 16.6 Å². The van der Waals surface area contributed by atoms with Crippen LogP contribution in [0, 0.1) is 11.8 Å². The van der Waals surface area contributed by atoms with Gasteiger partial charge in [0.25, 0.3) is 0 Å². The van der Waals surface area contributed by atoms with Crippen molar-refractivity contribution in [3.05, 3.63) is 21.9 Å². The van der Waals surface area contributed by atoms with Crippen LogP contribution in [0.2, 0.25) is 0 Å². The maximum absolute atomic E-state index is 11.9. The lowest BCUT2D eigenvalue weighted by Gasteiger charge is -2.07. The summed E-state index contributed by atoms with van der Waals surface area (Å²) < 4.78 is 61.1. The van der Waals surface area contributed by atoms with E-state index in [0.717, 1.165) is 0 Å². The van der Waals surface area contributed by atoms with E-state index in [0.29, 0.717) is 9.75 Å². The molecule has 0 spiro atoms. The lowest BCUT2D eigenvalue weighted by atomic mass is 10.3. The monoisotopic (exact) mass is 341 g/mol. The van der Waals surface area contributed by atoms with Crippen molar-refractivity contribution < 1.29 is 26.7 Å². The first-order chi connectivity index (χ1) is 9.72. The first-order valence-corrected chi connectivity index (χ1v) is 8.41. The van der Waals surface area contributed by atoms with E-state index in [9.17, 15) is 21.6 Å². The highest BCUT2D eigenvalue weighted by atomic mass is 32.2. The van der Waals surface area contributed by atoms with Gasteiger partial charge >= 0.3 is 6.18 Å². The van der Waals surface area contributed by atoms with E-state index < -0.39 is 34.8 Å². The molecule has 0 aromatic carbocycles. The van der Waals surface area contributed by atoms with E-state index in [-0.39, 0.29) is 13.2 Å². The van der Waals surface area contributed by atoms with Crippen LogP contribution in [0.3, 0.4) is 0 Å². The molecule has 118 valence electrons. The second-order valence-electron chi connectivity index (χ2n) is 4.08. The van der Waals surface area contributed by atoms with Crippen LogP contribution >= 0.6 is 11.3 Å². The van der Waals surface area contributed by atoms with E-state index in [1.807, 2.05) is 0 Å². The minimum Gasteiger partial charge on any atom is -0.384 e. The van der Waals surface area contributed by atoms with Crippen LogP contribution in [0.5, 0.6) is 0 Å². The molecule has 0 radical (unpaired) electrons. The number of hydrogen-bond acceptors (Lipinski definition) is 4. The molecule has 0 unspecified atom stereocenters. The van der Waals surface area contributed by atoms with Crippen molar-refractivity contribution >= 4 is 21.4 Å². The first kappa shape index (κ1) is 18.0. The summed E-state index contributed by atoms with van der Waals surface area (Å²) in [6.45, 7) is -0.251. The van der Waals surface area contributed by atoms with Crippen LogP contribution in [-0.2, 0) is 16.6 Å². The number of aliphatic hydroxyl groups is 1. The van der Waals surface area contributed by atoms with Crippen molar-refractivity contribution in [1.82, 2.24) is 4.72 Å². The molecule has 1 aromatic heterocycles. The van der Waals surface area contributed by atoms with Crippen LogP contribution in [0.15, 0.2) is 12.1 Å². The maximum Gasteiger partial charge on any atom is 0.389 e. The number of thiophene rings is 1. The number of nitrogens with one attached hydrogen (secondary N) is 1. The number of hydrogen-bond donors (Lipinski definition) is 2. The quantitative estimate of drug-likeness (QED) is 0.776. The highest BCUT2D eigenvalue weighted by Gasteiger charge is 2.27. The van der Waals surface area contributed by atoms with E-state index >= 15 is 0 Å². The van der Waals surface area contributed by atoms with Gasteiger partial charge in [-0.15, -0.1) is 11.3 Å². The van der Waals surface area contributed by atoms with Crippen LogP contribution in [0.1, 0.15) is 22.6 Å². The third kappa shape index (κ3) is 8.06. The molecule has 4 nitrogen and oxygen atoms in total. The predicted octanol–water partition coefficient (Wildman–Crippen LogP) is 1.85. The summed E-state index contributed by atoms with van der Waals surface area (Å²) in [6.07, 6.45) is -5.92. The molecule has 2 N–H and O–H groups in total. The van der Waals surface area contributed by atoms with Crippen molar-refractivity contribution in [2.24, 2.45) is 0 Å². The van der Waals surface area contributed by atoms with Crippen molar-refractivity contribution in [1.29, 1.82) is 0 Å². The fraction of sp³-hybridized carbons (Fsp3) is 0.500. The Morgan fingerprint density at radius 1 is 1.33 bits per heavy atom. The largest absolute Gasteiger partial charge is 0.389 e. The van der Waals surface area contributed by atoms with Gasteiger partial charge in [0.15, 0.2) is 0 Å². The Morgan fingerprint density at radius 3 is 2.67 bits per heavy atom. The van der Waals surface area contributed by atoms with E-state index in [1.165, 1.54) is 11.3 Å². The molecular formula is C12H14F3NO3S2. The highest BCUT2D eigenvalue weighted by molar-refractivity contribution is 7.89. The Kier molecular flexibility index (Phi) is 6.67. The van der Waals surface area contributed by atoms with E-state index in [1.54, 1.807) is 12.1 Å². The Labute approximate surface area is 125 Å². The Morgan fingerprint density at radius 2 is 2.05 bits per heavy atom. The predicted molar refractivity (Wildman–Crippen MR) is 74.2 cm³/mol. The fourth-order valence-electron chi connectivity index (χ4n) is 1.38. The molecule has 0 saturated carbocycles. The number of alkyl halides is 3. The molecule has 0 aliphatic heterocycles. The highest BCUT2D eigenvalue weighted by Crippen LogP contribution is 2.21. The van der Waals surface area contributed by atoms with Gasteiger partial charge in [0, 0.05) is 17.8 Å². The summed E-state index contributed by atoms with van der Waals surface area (Å²) in [5.41, 5.74) is 0. The average molecular weight is 341 g/mol. The van der Waals surface area contributed by atoms with Crippen LogP contribution in [-0.4, -0.2) is 32.1 Å². The molecule has 0 amide bonds. The molecule has 0 fully saturated rings.